The van der Waals surface area contributed by atoms with Crippen molar-refractivity contribution in [3.8, 4) is 0 Å². The zero-order valence-corrected chi connectivity index (χ0v) is 7.64. The minimum absolute atomic E-state index is 0.0105. The van der Waals surface area contributed by atoms with Gasteiger partial charge >= 0.3 is 0 Å². The Kier molecular flexibility index (Phi) is 4.81. The molecule has 0 saturated carbocycles. The highest BCUT2D eigenvalue weighted by Gasteiger charge is 2.01. The van der Waals surface area contributed by atoms with Crippen LogP contribution in [0.4, 0.5) is 0 Å². The van der Waals surface area contributed by atoms with Crippen molar-refractivity contribution in [3.05, 3.63) is 0 Å². The van der Waals surface area contributed by atoms with Crippen LogP contribution in [0.1, 0.15) is 13.8 Å². The second kappa shape index (κ2) is 5.09. The minimum atomic E-state index is -0.0105. The highest BCUT2D eigenvalue weighted by atomic mass is 16.2. The molecule has 11 heavy (non-hydrogen) atoms. The van der Waals surface area contributed by atoms with E-state index < -0.39 is 0 Å². The van der Waals surface area contributed by atoms with E-state index in [1.165, 1.54) is 0 Å². The fraction of sp³-hybridized carbons (Fsp3) is 0.857. The van der Waals surface area contributed by atoms with Gasteiger partial charge in [0.2, 0.25) is 5.91 Å². The molecule has 0 aromatic rings. The molecule has 0 aliphatic rings. The van der Waals surface area contributed by atoms with Gasteiger partial charge in [-0.3, -0.25) is 10.2 Å². The molecule has 1 amide bonds. The van der Waals surface area contributed by atoms with Gasteiger partial charge in [0.05, 0.1) is 6.54 Å². The molecule has 66 valence electrons. The Morgan fingerprint density at radius 1 is 1.45 bits per heavy atom. The summed E-state index contributed by atoms with van der Waals surface area (Å²) in [5.74, 6) is -0.0105. The highest BCUT2D eigenvalue weighted by Crippen LogP contribution is 1.74. The first kappa shape index (κ1) is 10.4. The van der Waals surface area contributed by atoms with Crippen molar-refractivity contribution in [2.45, 2.75) is 19.9 Å². The fourth-order valence-corrected chi connectivity index (χ4v) is 0.552. The fourth-order valence-electron chi connectivity index (χ4n) is 0.552. The number of hydrogen-bond donors (Lipinski definition) is 2. The molecule has 0 aliphatic carbocycles. The van der Waals surface area contributed by atoms with E-state index in [0.29, 0.717) is 6.54 Å². The van der Waals surface area contributed by atoms with Crippen LogP contribution in [0.2, 0.25) is 0 Å². The Labute approximate surface area is 67.9 Å². The van der Waals surface area contributed by atoms with Gasteiger partial charge in [-0.25, -0.2) is 5.43 Å². The molecule has 0 spiro atoms. The molecule has 0 heterocycles. The summed E-state index contributed by atoms with van der Waals surface area (Å²) >= 11 is 0. The van der Waals surface area contributed by atoms with Crippen LogP contribution in [-0.4, -0.2) is 37.5 Å². The number of carbonyl (C=O) groups excluding carboxylic acids is 1. The standard InChI is InChI=1S/C7H17N3O/c1-6(2)8-9-7(11)5-10(3)4/h6,8H,5H2,1-4H3,(H,9,11). The van der Waals surface area contributed by atoms with Gasteiger partial charge in [-0.05, 0) is 27.9 Å². The number of nitrogens with one attached hydrogen (secondary N) is 2. The van der Waals surface area contributed by atoms with Gasteiger partial charge in [0.25, 0.3) is 0 Å². The van der Waals surface area contributed by atoms with Crippen LogP contribution in [0.15, 0.2) is 0 Å². The second-order valence-electron chi connectivity index (χ2n) is 3.08. The second-order valence-corrected chi connectivity index (χ2v) is 3.08. The minimum Gasteiger partial charge on any atom is -0.301 e. The quantitative estimate of drug-likeness (QED) is 0.547. The summed E-state index contributed by atoms with van der Waals surface area (Å²) in [5.41, 5.74) is 5.41. The van der Waals surface area contributed by atoms with E-state index in [-0.39, 0.29) is 11.9 Å². The lowest BCUT2D eigenvalue weighted by atomic mass is 10.4. The normalized spacial score (nSPS) is 10.7. The monoisotopic (exact) mass is 159 g/mol. The smallest absolute Gasteiger partial charge is 0.248 e. The molecule has 4 heteroatoms. The average molecular weight is 159 g/mol. The maximum Gasteiger partial charge on any atom is 0.248 e. The van der Waals surface area contributed by atoms with E-state index in [1.54, 1.807) is 0 Å². The summed E-state index contributed by atoms with van der Waals surface area (Å²) in [7, 11) is 3.71. The molecule has 0 radical (unpaired) electrons. The number of hydrazine groups is 1. The third-order valence-corrected chi connectivity index (χ3v) is 0.960. The highest BCUT2D eigenvalue weighted by molar-refractivity contribution is 5.77. The van der Waals surface area contributed by atoms with Crippen molar-refractivity contribution in [1.29, 1.82) is 0 Å². The Balaban J connectivity index is 3.38. The molecular weight excluding hydrogens is 142 g/mol. The SMILES string of the molecule is CC(C)NNC(=O)CN(C)C. The van der Waals surface area contributed by atoms with E-state index >= 15 is 0 Å². The number of hydrogen-bond acceptors (Lipinski definition) is 3. The third kappa shape index (κ3) is 7.29. The Morgan fingerprint density at radius 2 is 2.00 bits per heavy atom. The van der Waals surface area contributed by atoms with E-state index in [2.05, 4.69) is 10.9 Å². The number of likely N-dealkylation sites (N-methyl/N-ethyl adjacent to an activating group) is 1. The van der Waals surface area contributed by atoms with Gasteiger partial charge in [-0.15, -0.1) is 0 Å². The maximum absolute atomic E-state index is 10.9. The lowest BCUT2D eigenvalue weighted by molar-refractivity contribution is -0.122. The van der Waals surface area contributed by atoms with Crippen molar-refractivity contribution in [1.82, 2.24) is 15.8 Å². The predicted octanol–water partition coefficient (Wildman–Crippen LogP) is -0.423. The summed E-state index contributed by atoms with van der Waals surface area (Å²) in [4.78, 5) is 12.8. The molecule has 0 fully saturated rings. The lowest BCUT2D eigenvalue weighted by Gasteiger charge is -2.12. The molecule has 0 atom stereocenters. The van der Waals surface area contributed by atoms with Crippen molar-refractivity contribution < 1.29 is 4.79 Å². The Morgan fingerprint density at radius 3 is 2.36 bits per heavy atom. The molecule has 2 N–H and O–H groups in total. The molecule has 0 bridgehead atoms. The van der Waals surface area contributed by atoms with E-state index in [1.807, 2.05) is 32.8 Å². The van der Waals surface area contributed by atoms with Gasteiger partial charge in [-0.2, -0.15) is 0 Å². The van der Waals surface area contributed by atoms with Crippen LogP contribution in [-0.2, 0) is 4.79 Å². The number of carbonyl (C=O) groups is 1. The van der Waals surface area contributed by atoms with Crippen LogP contribution in [0, 0.1) is 0 Å². The van der Waals surface area contributed by atoms with Gasteiger partial charge < -0.3 is 4.90 Å². The van der Waals surface area contributed by atoms with Crippen molar-refractivity contribution in [2.24, 2.45) is 0 Å². The molecule has 0 aliphatic heterocycles. The van der Waals surface area contributed by atoms with Crippen molar-refractivity contribution in [2.75, 3.05) is 20.6 Å². The summed E-state index contributed by atoms with van der Waals surface area (Å²) in [6, 6.07) is 0.279. The molecule has 0 saturated heterocycles. The summed E-state index contributed by atoms with van der Waals surface area (Å²) in [5, 5.41) is 0. The first-order chi connectivity index (χ1) is 5.02. The number of amides is 1. The number of nitrogens with zero attached hydrogens (tertiary/aromatic N) is 1. The van der Waals surface area contributed by atoms with Gasteiger partial charge in [0, 0.05) is 6.04 Å². The van der Waals surface area contributed by atoms with Gasteiger partial charge in [0.1, 0.15) is 0 Å². The molecule has 0 rings (SSSR count). The zero-order chi connectivity index (χ0) is 8.85. The van der Waals surface area contributed by atoms with Crippen molar-refractivity contribution >= 4 is 5.91 Å². The molecular formula is C7H17N3O. The van der Waals surface area contributed by atoms with Crippen LogP contribution in [0.5, 0.6) is 0 Å². The Hall–Kier alpha value is -0.610. The van der Waals surface area contributed by atoms with E-state index in [9.17, 15) is 4.79 Å². The van der Waals surface area contributed by atoms with Crippen LogP contribution in [0.25, 0.3) is 0 Å². The van der Waals surface area contributed by atoms with E-state index in [4.69, 9.17) is 0 Å². The summed E-state index contributed by atoms with van der Waals surface area (Å²) in [6.45, 7) is 4.35. The average Bonchev–Trinajstić information content (AvgIpc) is 1.82. The van der Waals surface area contributed by atoms with Crippen LogP contribution < -0.4 is 10.9 Å². The van der Waals surface area contributed by atoms with E-state index in [0.717, 1.165) is 0 Å². The number of rotatable bonds is 4. The largest absolute Gasteiger partial charge is 0.301 e. The van der Waals surface area contributed by atoms with Gasteiger partial charge in [-0.1, -0.05) is 0 Å². The molecule has 0 aromatic heterocycles. The molecule has 4 nitrogen and oxygen atoms in total. The summed E-state index contributed by atoms with van der Waals surface area (Å²) < 4.78 is 0. The molecule has 0 unspecified atom stereocenters. The first-order valence-electron chi connectivity index (χ1n) is 3.71. The third-order valence-electron chi connectivity index (χ3n) is 0.960. The topological polar surface area (TPSA) is 44.4 Å². The summed E-state index contributed by atoms with van der Waals surface area (Å²) in [6.07, 6.45) is 0. The molecule has 0 aromatic carbocycles. The van der Waals surface area contributed by atoms with Gasteiger partial charge in [0.15, 0.2) is 0 Å². The zero-order valence-electron chi connectivity index (χ0n) is 7.64. The maximum atomic E-state index is 10.9. The predicted molar refractivity (Wildman–Crippen MR) is 45.0 cm³/mol. The van der Waals surface area contributed by atoms with Crippen molar-refractivity contribution in [3.63, 3.8) is 0 Å². The first-order valence-corrected chi connectivity index (χ1v) is 3.71. The van der Waals surface area contributed by atoms with Crippen LogP contribution in [0.3, 0.4) is 0 Å². The Bertz CT molecular complexity index is 123. The lowest BCUT2D eigenvalue weighted by Crippen LogP contribution is -2.45. The van der Waals surface area contributed by atoms with Crippen LogP contribution >= 0.6 is 0 Å².